The molecule has 1 heterocycles. The summed E-state index contributed by atoms with van der Waals surface area (Å²) >= 11 is 0. The average molecular weight is 454 g/mol. The summed E-state index contributed by atoms with van der Waals surface area (Å²) in [6.45, 7) is 8.70. The molecule has 1 aliphatic heterocycles. The smallest absolute Gasteiger partial charge is 0.254 e. The molecular formula is C24H27N3O4S. The molecule has 2 atom stereocenters. The predicted octanol–water partition coefficient (Wildman–Crippen LogP) is 3.18. The molecule has 32 heavy (non-hydrogen) atoms. The third kappa shape index (κ3) is 5.43. The molecule has 2 aromatic carbocycles. The number of carbonyl (C=O) groups excluding carboxylic acids is 1. The number of hydrogen-bond donors (Lipinski definition) is 0. The van der Waals surface area contributed by atoms with Crippen LogP contribution >= 0.6 is 0 Å². The number of sulfonamides is 1. The first-order chi connectivity index (χ1) is 15.2. The van der Waals surface area contributed by atoms with E-state index in [1.165, 1.54) is 28.6 Å². The first kappa shape index (κ1) is 23.7. The quantitative estimate of drug-likeness (QED) is 0.601. The molecule has 7 nitrogen and oxygen atoms in total. The van der Waals surface area contributed by atoms with Crippen molar-refractivity contribution in [2.45, 2.75) is 37.5 Å². The zero-order valence-electron chi connectivity index (χ0n) is 18.3. The van der Waals surface area contributed by atoms with Gasteiger partial charge < -0.3 is 9.64 Å². The lowest BCUT2D eigenvalue weighted by Crippen LogP contribution is -2.48. The van der Waals surface area contributed by atoms with Crippen LogP contribution in [0.3, 0.4) is 0 Å². The van der Waals surface area contributed by atoms with Gasteiger partial charge in [0.25, 0.3) is 5.91 Å². The van der Waals surface area contributed by atoms with E-state index in [4.69, 9.17) is 10.00 Å². The fraction of sp³-hybridized carbons (Fsp3) is 0.333. The van der Waals surface area contributed by atoms with Gasteiger partial charge in [0, 0.05) is 31.7 Å². The highest BCUT2D eigenvalue weighted by Gasteiger charge is 2.32. The summed E-state index contributed by atoms with van der Waals surface area (Å²) in [4.78, 5) is 14.8. The van der Waals surface area contributed by atoms with Gasteiger partial charge >= 0.3 is 0 Å². The molecule has 3 rings (SSSR count). The Kier molecular flexibility index (Phi) is 7.46. The van der Waals surface area contributed by atoms with Crippen molar-refractivity contribution in [3.05, 3.63) is 77.9 Å². The monoisotopic (exact) mass is 453 g/mol. The number of nitriles is 1. The number of ether oxygens (including phenoxy) is 1. The minimum atomic E-state index is -3.67. The van der Waals surface area contributed by atoms with Crippen molar-refractivity contribution >= 4 is 15.9 Å². The Bertz CT molecular complexity index is 1100. The molecule has 2 unspecified atom stereocenters. The fourth-order valence-corrected chi connectivity index (χ4v) is 5.30. The summed E-state index contributed by atoms with van der Waals surface area (Å²) in [5.41, 5.74) is 1.83. The highest BCUT2D eigenvalue weighted by atomic mass is 32.2. The molecule has 2 aromatic rings. The number of carbonyl (C=O) groups is 1. The SMILES string of the molecule is C=CCN(Cc1ccc(C#N)cc1)C(=O)c1ccc(S(=O)(=O)N2CC(C)OC(C)C2)cc1. The van der Waals surface area contributed by atoms with E-state index in [0.717, 1.165) is 5.56 Å². The largest absolute Gasteiger partial charge is 0.373 e. The van der Waals surface area contributed by atoms with Gasteiger partial charge in [-0.3, -0.25) is 4.79 Å². The standard InChI is InChI=1S/C24H27N3O4S/c1-4-13-26(17-21-7-5-20(14-25)6-8-21)24(28)22-9-11-23(12-10-22)32(29,30)27-15-18(2)31-19(3)16-27/h4-12,18-19H,1,13,15-17H2,2-3H3. The van der Waals surface area contributed by atoms with Crippen LogP contribution < -0.4 is 0 Å². The normalized spacial score (nSPS) is 19.2. The number of benzene rings is 2. The van der Waals surface area contributed by atoms with Crippen LogP contribution in [0.5, 0.6) is 0 Å². The number of morpholine rings is 1. The molecule has 0 N–H and O–H groups in total. The summed E-state index contributed by atoms with van der Waals surface area (Å²) in [6, 6.07) is 15.1. The second kappa shape index (κ2) is 10.1. The van der Waals surface area contributed by atoms with E-state index in [0.29, 0.717) is 37.3 Å². The molecule has 0 aliphatic carbocycles. The molecule has 168 valence electrons. The molecule has 0 radical (unpaired) electrons. The summed E-state index contributed by atoms with van der Waals surface area (Å²) in [7, 11) is -3.67. The van der Waals surface area contributed by atoms with Crippen molar-refractivity contribution in [3.8, 4) is 6.07 Å². The molecule has 8 heteroatoms. The Hall–Kier alpha value is -2.99. The third-order valence-electron chi connectivity index (χ3n) is 5.22. The van der Waals surface area contributed by atoms with E-state index < -0.39 is 10.0 Å². The average Bonchev–Trinajstić information content (AvgIpc) is 2.78. The maximum absolute atomic E-state index is 13.1. The highest BCUT2D eigenvalue weighted by molar-refractivity contribution is 7.89. The molecule has 0 bridgehead atoms. The number of amides is 1. The van der Waals surface area contributed by atoms with E-state index in [2.05, 4.69) is 12.6 Å². The van der Waals surface area contributed by atoms with Crippen molar-refractivity contribution in [2.75, 3.05) is 19.6 Å². The van der Waals surface area contributed by atoms with Crippen molar-refractivity contribution in [1.29, 1.82) is 5.26 Å². The number of hydrogen-bond acceptors (Lipinski definition) is 5. The number of rotatable bonds is 7. The van der Waals surface area contributed by atoms with Crippen molar-refractivity contribution in [1.82, 2.24) is 9.21 Å². The third-order valence-corrected chi connectivity index (χ3v) is 7.06. The summed E-state index contributed by atoms with van der Waals surface area (Å²) in [5.74, 6) is -0.230. The lowest BCUT2D eigenvalue weighted by atomic mass is 10.1. The summed E-state index contributed by atoms with van der Waals surface area (Å²) in [6.07, 6.45) is 1.29. The van der Waals surface area contributed by atoms with Gasteiger partial charge in [-0.15, -0.1) is 6.58 Å². The fourth-order valence-electron chi connectivity index (χ4n) is 3.71. The molecule has 0 saturated carbocycles. The van der Waals surface area contributed by atoms with Gasteiger partial charge in [0.15, 0.2) is 0 Å². The van der Waals surface area contributed by atoms with Crippen molar-refractivity contribution < 1.29 is 17.9 Å². The van der Waals surface area contributed by atoms with Gasteiger partial charge in [-0.25, -0.2) is 8.42 Å². The zero-order chi connectivity index (χ0) is 23.3. The van der Waals surface area contributed by atoms with Crippen molar-refractivity contribution in [3.63, 3.8) is 0 Å². The van der Waals surface area contributed by atoms with E-state index in [1.54, 1.807) is 23.1 Å². The van der Waals surface area contributed by atoms with Gasteiger partial charge in [-0.1, -0.05) is 18.2 Å². The summed E-state index contributed by atoms with van der Waals surface area (Å²) in [5, 5.41) is 8.94. The van der Waals surface area contributed by atoms with Crippen LogP contribution in [0, 0.1) is 11.3 Å². The highest BCUT2D eigenvalue weighted by Crippen LogP contribution is 2.22. The van der Waals surface area contributed by atoms with Gasteiger partial charge in [-0.2, -0.15) is 9.57 Å². The van der Waals surface area contributed by atoms with Crippen LogP contribution in [0.15, 0.2) is 66.1 Å². The van der Waals surface area contributed by atoms with Gasteiger partial charge in [0.1, 0.15) is 0 Å². The molecule has 1 saturated heterocycles. The molecular weight excluding hydrogens is 426 g/mol. The Morgan fingerprint density at radius 3 is 2.28 bits per heavy atom. The van der Waals surface area contributed by atoms with Gasteiger partial charge in [0.2, 0.25) is 10.0 Å². The van der Waals surface area contributed by atoms with E-state index in [9.17, 15) is 13.2 Å². The number of nitrogens with zero attached hydrogens (tertiary/aromatic N) is 3. The van der Waals surface area contributed by atoms with Crippen LogP contribution in [-0.2, 0) is 21.3 Å². The van der Waals surface area contributed by atoms with Gasteiger partial charge in [0.05, 0.1) is 28.7 Å². The van der Waals surface area contributed by atoms with Crippen molar-refractivity contribution in [2.24, 2.45) is 0 Å². The summed E-state index contributed by atoms with van der Waals surface area (Å²) < 4.78 is 33.1. The maximum atomic E-state index is 13.1. The Balaban J connectivity index is 1.77. The topological polar surface area (TPSA) is 90.7 Å². The first-order valence-corrected chi connectivity index (χ1v) is 11.8. The van der Waals surface area contributed by atoms with Crippen LogP contribution in [0.4, 0.5) is 0 Å². The molecule has 1 fully saturated rings. The van der Waals surface area contributed by atoms with Gasteiger partial charge in [-0.05, 0) is 55.8 Å². The maximum Gasteiger partial charge on any atom is 0.254 e. The molecule has 1 aliphatic rings. The predicted molar refractivity (Wildman–Crippen MR) is 121 cm³/mol. The van der Waals surface area contributed by atoms with Crippen LogP contribution in [0.1, 0.15) is 35.3 Å². The molecule has 0 spiro atoms. The lowest BCUT2D eigenvalue weighted by molar-refractivity contribution is -0.0440. The second-order valence-corrected chi connectivity index (χ2v) is 9.82. The molecule has 0 aromatic heterocycles. The van der Waals surface area contributed by atoms with E-state index >= 15 is 0 Å². The van der Waals surface area contributed by atoms with E-state index in [-0.39, 0.29) is 23.0 Å². The Morgan fingerprint density at radius 1 is 1.16 bits per heavy atom. The van der Waals surface area contributed by atoms with E-state index in [1.807, 2.05) is 26.0 Å². The first-order valence-electron chi connectivity index (χ1n) is 10.4. The van der Waals surface area contributed by atoms with Crippen LogP contribution in [0.25, 0.3) is 0 Å². The minimum Gasteiger partial charge on any atom is -0.373 e. The second-order valence-electron chi connectivity index (χ2n) is 7.89. The molecule has 1 amide bonds. The van der Waals surface area contributed by atoms with Crippen LogP contribution in [-0.4, -0.2) is 55.4 Å². The Morgan fingerprint density at radius 2 is 1.75 bits per heavy atom. The minimum absolute atomic E-state index is 0.151. The zero-order valence-corrected chi connectivity index (χ0v) is 19.1. The van der Waals surface area contributed by atoms with Crippen LogP contribution in [0.2, 0.25) is 0 Å². The lowest BCUT2D eigenvalue weighted by Gasteiger charge is -2.34. The Labute approximate surface area is 189 Å².